The van der Waals surface area contributed by atoms with Crippen LogP contribution in [0.1, 0.15) is 44.1 Å². The lowest BCUT2D eigenvalue weighted by molar-refractivity contribution is -0.141. The number of hydrogen-bond acceptors (Lipinski definition) is 11. The van der Waals surface area contributed by atoms with E-state index in [0.717, 1.165) is 4.90 Å². The molecular weight excluding hydrogens is 724 g/mol. The highest BCUT2D eigenvalue weighted by molar-refractivity contribution is 5.95. The molecule has 0 aliphatic carbocycles. The van der Waals surface area contributed by atoms with Crippen LogP contribution in [0.3, 0.4) is 0 Å². The molecule has 2 rings (SSSR count). The van der Waals surface area contributed by atoms with E-state index in [0.29, 0.717) is 5.56 Å². The van der Waals surface area contributed by atoms with Gasteiger partial charge in [0.05, 0.1) is 19.7 Å². The van der Waals surface area contributed by atoms with Crippen molar-refractivity contribution in [1.82, 2.24) is 36.8 Å². The maximum atomic E-state index is 13.7. The molecule has 15 N–H and O–H groups in total. The van der Waals surface area contributed by atoms with Crippen molar-refractivity contribution >= 4 is 59.1 Å². The summed E-state index contributed by atoms with van der Waals surface area (Å²) in [7, 11) is 0. The van der Waals surface area contributed by atoms with Gasteiger partial charge in [-0.2, -0.15) is 0 Å². The Morgan fingerprint density at radius 2 is 1.44 bits per heavy atom. The Hall–Kier alpha value is -6.32. The zero-order valence-electron chi connectivity index (χ0n) is 30.2. The van der Waals surface area contributed by atoms with Gasteiger partial charge in [-0.15, -0.1) is 0 Å². The molecule has 1 aliphatic rings. The highest BCUT2D eigenvalue weighted by Gasteiger charge is 2.30. The molecule has 0 unspecified atom stereocenters. The fourth-order valence-corrected chi connectivity index (χ4v) is 5.22. The molecule has 1 aromatic carbocycles. The van der Waals surface area contributed by atoms with Crippen LogP contribution in [-0.2, 0) is 49.6 Å². The molecule has 55 heavy (non-hydrogen) atoms. The van der Waals surface area contributed by atoms with Crippen molar-refractivity contribution in [3.05, 3.63) is 35.9 Å². The van der Waals surface area contributed by atoms with E-state index in [9.17, 15) is 48.3 Å². The number of aliphatic hydroxyl groups is 1. The van der Waals surface area contributed by atoms with Crippen LogP contribution >= 0.6 is 0 Å². The molecule has 1 saturated heterocycles. The summed E-state index contributed by atoms with van der Waals surface area (Å²) in [6.07, 6.45) is -1.10. The van der Waals surface area contributed by atoms with Crippen molar-refractivity contribution < 1.29 is 48.3 Å². The lowest BCUT2D eigenvalue weighted by Crippen LogP contribution is -2.57. The molecule has 1 aromatic rings. The quantitative estimate of drug-likeness (QED) is 0.0478. The number of nitrogens with zero attached hydrogens (tertiary/aromatic N) is 2. The van der Waals surface area contributed by atoms with E-state index < -0.39 is 110 Å². The molecule has 0 saturated carbocycles. The number of aliphatic hydroxyl groups excluding tert-OH is 1. The van der Waals surface area contributed by atoms with Gasteiger partial charge in [0.1, 0.15) is 24.2 Å². The number of nitrogens with one attached hydrogen (secondary N) is 6. The summed E-state index contributed by atoms with van der Waals surface area (Å²) in [5.74, 6) is -7.66. The number of primary amides is 2. The van der Waals surface area contributed by atoms with Crippen LogP contribution < -0.4 is 54.8 Å². The SMILES string of the molecule is NC(=O)CC[C@@H]1NC(=O)CCC(=O)N[C@@H](CCCN=C(N)N)C(=O)NCCN(CC(=O)N[C@@H](Cc2ccccc2)C(N)=O)C(=O)[C@H](CO)NC(=O)CNC1=O. The molecule has 0 radical (unpaired) electrons. The highest BCUT2D eigenvalue weighted by Crippen LogP contribution is 2.06. The number of aliphatic imine (C=N–C) groups is 1. The first kappa shape index (κ1) is 44.8. The molecular formula is C33H50N12O10. The van der Waals surface area contributed by atoms with E-state index in [1.54, 1.807) is 30.3 Å². The molecule has 0 spiro atoms. The third kappa shape index (κ3) is 17.4. The van der Waals surface area contributed by atoms with Crippen LogP contribution in [0, 0.1) is 0 Å². The summed E-state index contributed by atoms with van der Waals surface area (Å²) in [4.78, 5) is 120. The molecule has 1 heterocycles. The van der Waals surface area contributed by atoms with Crippen molar-refractivity contribution in [2.45, 2.75) is 69.1 Å². The molecule has 9 amide bonds. The number of benzene rings is 1. The number of guanidine groups is 1. The van der Waals surface area contributed by atoms with E-state index in [2.05, 4.69) is 36.9 Å². The zero-order chi connectivity index (χ0) is 40.9. The van der Waals surface area contributed by atoms with Crippen LogP contribution in [0.5, 0.6) is 0 Å². The van der Waals surface area contributed by atoms with Gasteiger partial charge in [-0.3, -0.25) is 48.1 Å². The van der Waals surface area contributed by atoms with Crippen LogP contribution in [0.2, 0.25) is 0 Å². The first-order chi connectivity index (χ1) is 26.1. The first-order valence-corrected chi connectivity index (χ1v) is 17.4. The molecule has 22 nitrogen and oxygen atoms in total. The number of hydrogen-bond donors (Lipinski definition) is 11. The fourth-order valence-electron chi connectivity index (χ4n) is 5.22. The maximum absolute atomic E-state index is 13.7. The minimum atomic E-state index is -1.65. The Morgan fingerprint density at radius 1 is 0.836 bits per heavy atom. The number of carbonyl (C=O) groups is 9. The van der Waals surface area contributed by atoms with Gasteiger partial charge in [0.2, 0.25) is 53.2 Å². The van der Waals surface area contributed by atoms with E-state index in [-0.39, 0.29) is 57.7 Å². The Kier molecular flexibility index (Phi) is 19.1. The summed E-state index contributed by atoms with van der Waals surface area (Å²) in [6.45, 7) is -2.95. The molecule has 1 fully saturated rings. The van der Waals surface area contributed by atoms with Gasteiger partial charge in [0.15, 0.2) is 5.96 Å². The average molecular weight is 775 g/mol. The van der Waals surface area contributed by atoms with Crippen molar-refractivity contribution in [3.8, 4) is 0 Å². The van der Waals surface area contributed by atoms with Gasteiger partial charge in [-0.1, -0.05) is 30.3 Å². The molecule has 0 aromatic heterocycles. The summed E-state index contributed by atoms with van der Waals surface area (Å²) in [5.41, 5.74) is 22.1. The van der Waals surface area contributed by atoms with Gasteiger partial charge < -0.3 is 64.8 Å². The standard InChI is InChI=1S/C33H50N12O10/c34-24(47)9-8-21-31(54)40-16-27(50)44-23(18-46)32(55)45(17-28(51)43-22(29(35)52)15-19-5-2-1-3-6-19)14-13-38-30(53)20(7-4-12-39-33(36)37)41-25(48)10-11-26(49)42-21/h1-3,5-6,20-23,46H,4,7-18H2,(H2,34,47)(H2,35,52)(H,38,53)(H,40,54)(H,41,48)(H,42,49)(H,43,51)(H,44,50)(H4,36,37,39)/t20-,21-,22-,23-/m0/s1. The third-order valence-corrected chi connectivity index (χ3v) is 8.03. The van der Waals surface area contributed by atoms with Gasteiger partial charge in [-0.05, 0) is 24.8 Å². The van der Waals surface area contributed by atoms with E-state index >= 15 is 0 Å². The van der Waals surface area contributed by atoms with Gasteiger partial charge in [0.25, 0.3) is 0 Å². The number of nitrogens with two attached hydrogens (primary N) is 4. The summed E-state index contributed by atoms with van der Waals surface area (Å²) in [6, 6.07) is 3.31. The highest BCUT2D eigenvalue weighted by atomic mass is 16.3. The van der Waals surface area contributed by atoms with Crippen molar-refractivity contribution in [2.75, 3.05) is 39.3 Å². The summed E-state index contributed by atoms with van der Waals surface area (Å²) < 4.78 is 0. The second kappa shape index (κ2) is 23.4. The molecule has 0 bridgehead atoms. The van der Waals surface area contributed by atoms with Crippen LogP contribution in [-0.4, -0.2) is 133 Å². The second-order valence-electron chi connectivity index (χ2n) is 12.5. The Balaban J connectivity index is 2.37. The van der Waals surface area contributed by atoms with Gasteiger partial charge in [-0.25, -0.2) is 0 Å². The second-order valence-corrected chi connectivity index (χ2v) is 12.5. The molecule has 1 aliphatic heterocycles. The lowest BCUT2D eigenvalue weighted by Gasteiger charge is -2.28. The van der Waals surface area contributed by atoms with E-state index in [1.807, 2.05) is 0 Å². The topological polar surface area (TPSA) is 366 Å². The summed E-state index contributed by atoms with van der Waals surface area (Å²) >= 11 is 0. The van der Waals surface area contributed by atoms with Crippen LogP contribution in [0.4, 0.5) is 0 Å². The summed E-state index contributed by atoms with van der Waals surface area (Å²) in [5, 5.41) is 24.6. The van der Waals surface area contributed by atoms with E-state index in [1.165, 1.54) is 0 Å². The predicted molar refractivity (Wildman–Crippen MR) is 194 cm³/mol. The minimum absolute atomic E-state index is 0.0372. The van der Waals surface area contributed by atoms with E-state index in [4.69, 9.17) is 22.9 Å². The minimum Gasteiger partial charge on any atom is -0.394 e. The zero-order valence-corrected chi connectivity index (χ0v) is 30.2. The van der Waals surface area contributed by atoms with Crippen molar-refractivity contribution in [1.29, 1.82) is 0 Å². The monoisotopic (exact) mass is 774 g/mol. The average Bonchev–Trinajstić information content (AvgIpc) is 3.13. The van der Waals surface area contributed by atoms with Crippen molar-refractivity contribution in [3.63, 3.8) is 0 Å². The number of carbonyl (C=O) groups excluding carboxylic acids is 9. The fraction of sp³-hybridized carbons (Fsp3) is 0.515. The third-order valence-electron chi connectivity index (χ3n) is 8.03. The Morgan fingerprint density at radius 3 is 2.02 bits per heavy atom. The van der Waals surface area contributed by atoms with Crippen LogP contribution in [0.25, 0.3) is 0 Å². The molecule has 302 valence electrons. The van der Waals surface area contributed by atoms with Gasteiger partial charge in [0, 0.05) is 45.3 Å². The Bertz CT molecular complexity index is 1570. The smallest absolute Gasteiger partial charge is 0.248 e. The van der Waals surface area contributed by atoms with Crippen molar-refractivity contribution in [2.24, 2.45) is 27.9 Å². The molecule has 4 atom stereocenters. The van der Waals surface area contributed by atoms with Gasteiger partial charge >= 0.3 is 0 Å². The Labute approximate surface area is 316 Å². The maximum Gasteiger partial charge on any atom is 0.248 e. The normalized spacial score (nSPS) is 20.0. The largest absolute Gasteiger partial charge is 0.394 e. The lowest BCUT2D eigenvalue weighted by atomic mass is 10.1. The molecule has 22 heteroatoms. The number of rotatable bonds is 14. The van der Waals surface area contributed by atoms with Crippen LogP contribution in [0.15, 0.2) is 35.3 Å². The number of amides is 9. The predicted octanol–water partition coefficient (Wildman–Crippen LogP) is -6.18. The first-order valence-electron chi connectivity index (χ1n) is 17.4.